The van der Waals surface area contributed by atoms with Gasteiger partial charge in [0.25, 0.3) is 0 Å². The predicted octanol–water partition coefficient (Wildman–Crippen LogP) is 2.09. The van der Waals surface area contributed by atoms with E-state index in [1.807, 2.05) is 35.0 Å². The topological polar surface area (TPSA) is 84.3 Å². The highest BCUT2D eigenvalue weighted by molar-refractivity contribution is 7.88. The number of hydrogen-bond donors (Lipinski definition) is 1. The van der Waals surface area contributed by atoms with Gasteiger partial charge >= 0.3 is 0 Å². The van der Waals surface area contributed by atoms with Gasteiger partial charge in [0, 0.05) is 36.7 Å². The van der Waals surface area contributed by atoms with Gasteiger partial charge in [-0.25, -0.2) is 17.8 Å². The van der Waals surface area contributed by atoms with Gasteiger partial charge in [-0.05, 0) is 23.8 Å². The zero-order valence-electron chi connectivity index (χ0n) is 15.8. The number of benzene rings is 2. The molecule has 1 N–H and O–H groups in total. The van der Waals surface area contributed by atoms with E-state index < -0.39 is 21.7 Å². The van der Waals surface area contributed by atoms with E-state index in [4.69, 9.17) is 0 Å². The third-order valence-electron chi connectivity index (χ3n) is 4.32. The van der Waals surface area contributed by atoms with Crippen LogP contribution in [0.15, 0.2) is 67.3 Å². The van der Waals surface area contributed by atoms with Crippen LogP contribution in [-0.4, -0.2) is 41.0 Å². The average Bonchev–Trinajstić information content (AvgIpc) is 3.22. The normalized spacial score (nSPS) is 11.6. The van der Waals surface area contributed by atoms with Crippen LogP contribution in [0.25, 0.3) is 5.69 Å². The second-order valence-electron chi connectivity index (χ2n) is 6.54. The second-order valence-corrected chi connectivity index (χ2v) is 8.52. The maximum absolute atomic E-state index is 13.9. The Morgan fingerprint density at radius 3 is 2.52 bits per heavy atom. The summed E-state index contributed by atoms with van der Waals surface area (Å²) in [6.45, 7) is -0.348. The summed E-state index contributed by atoms with van der Waals surface area (Å²) in [7, 11) is -3.69. The Balaban J connectivity index is 1.59. The minimum absolute atomic E-state index is 0.209. The number of carbonyl (C=O) groups excluding carboxylic acids is 1. The van der Waals surface area contributed by atoms with E-state index in [1.54, 1.807) is 18.6 Å². The fourth-order valence-electron chi connectivity index (χ4n) is 2.72. The Labute approximate surface area is 168 Å². The third kappa shape index (κ3) is 5.72. The fourth-order valence-corrected chi connectivity index (χ4v) is 3.45. The molecule has 1 aromatic heterocycles. The van der Waals surface area contributed by atoms with Crippen molar-refractivity contribution >= 4 is 15.9 Å². The molecule has 1 heterocycles. The van der Waals surface area contributed by atoms with Crippen LogP contribution >= 0.6 is 0 Å². The zero-order chi connectivity index (χ0) is 20.9. The van der Waals surface area contributed by atoms with Crippen LogP contribution in [-0.2, 0) is 27.9 Å². The number of halogens is 1. The van der Waals surface area contributed by atoms with Gasteiger partial charge in [0.05, 0.1) is 19.1 Å². The molecule has 0 bridgehead atoms. The van der Waals surface area contributed by atoms with Crippen LogP contribution in [0.4, 0.5) is 4.39 Å². The second kappa shape index (κ2) is 8.97. The van der Waals surface area contributed by atoms with Gasteiger partial charge in [-0.3, -0.25) is 4.79 Å². The van der Waals surface area contributed by atoms with Gasteiger partial charge in [0.2, 0.25) is 15.9 Å². The molecule has 9 heteroatoms. The smallest absolute Gasteiger partial charge is 0.235 e. The number of nitrogens with zero attached hydrogens (tertiary/aromatic N) is 3. The molecule has 0 spiro atoms. The van der Waals surface area contributed by atoms with Crippen molar-refractivity contribution in [2.75, 3.05) is 12.8 Å². The molecule has 29 heavy (non-hydrogen) atoms. The number of hydrogen-bond acceptors (Lipinski definition) is 4. The van der Waals surface area contributed by atoms with Crippen molar-refractivity contribution < 1.29 is 17.6 Å². The van der Waals surface area contributed by atoms with E-state index in [1.165, 1.54) is 18.2 Å². The summed E-state index contributed by atoms with van der Waals surface area (Å²) >= 11 is 0. The van der Waals surface area contributed by atoms with Crippen molar-refractivity contribution in [2.45, 2.75) is 13.1 Å². The quantitative estimate of drug-likeness (QED) is 0.609. The number of nitrogens with one attached hydrogen (secondary N) is 1. The molecule has 2 aromatic carbocycles. The summed E-state index contributed by atoms with van der Waals surface area (Å²) in [6, 6.07) is 13.4. The van der Waals surface area contributed by atoms with Crippen molar-refractivity contribution in [3.05, 3.63) is 84.2 Å². The van der Waals surface area contributed by atoms with Crippen molar-refractivity contribution in [2.24, 2.45) is 0 Å². The Morgan fingerprint density at radius 2 is 1.90 bits per heavy atom. The third-order valence-corrected chi connectivity index (χ3v) is 5.52. The van der Waals surface area contributed by atoms with E-state index in [9.17, 15) is 17.6 Å². The van der Waals surface area contributed by atoms with E-state index >= 15 is 0 Å². The SMILES string of the molecule is CS(=O)(=O)N(CC(=O)NCc1ccc(-n2ccnc2)cc1)Cc1ccccc1F. The molecule has 0 saturated heterocycles. The molecule has 152 valence electrons. The number of amides is 1. The molecule has 0 saturated carbocycles. The lowest BCUT2D eigenvalue weighted by Gasteiger charge is -2.20. The lowest BCUT2D eigenvalue weighted by molar-refractivity contribution is -0.121. The molecular formula is C20H21FN4O3S. The standard InChI is InChI=1S/C20H21FN4O3S/c1-29(27,28)25(13-17-4-2-3-5-19(17)21)14-20(26)23-12-16-6-8-18(9-7-16)24-11-10-22-15-24/h2-11,15H,12-14H2,1H3,(H,23,26). The minimum Gasteiger partial charge on any atom is -0.351 e. The highest BCUT2D eigenvalue weighted by Gasteiger charge is 2.21. The molecule has 3 rings (SSSR count). The molecule has 7 nitrogen and oxygen atoms in total. The monoisotopic (exact) mass is 416 g/mol. The van der Waals surface area contributed by atoms with Crippen LogP contribution < -0.4 is 5.32 Å². The van der Waals surface area contributed by atoms with Crippen LogP contribution in [0.2, 0.25) is 0 Å². The van der Waals surface area contributed by atoms with Gasteiger partial charge in [0.15, 0.2) is 0 Å². The van der Waals surface area contributed by atoms with Crippen molar-refractivity contribution in [1.29, 1.82) is 0 Å². The number of imidazole rings is 1. The lowest BCUT2D eigenvalue weighted by atomic mass is 10.2. The summed E-state index contributed by atoms with van der Waals surface area (Å²) < 4.78 is 40.7. The number of rotatable bonds is 8. The molecule has 0 fully saturated rings. The number of sulfonamides is 1. The van der Waals surface area contributed by atoms with E-state index in [0.29, 0.717) is 0 Å². The number of aromatic nitrogens is 2. The molecule has 0 aliphatic heterocycles. The first-order valence-electron chi connectivity index (χ1n) is 8.85. The molecule has 1 amide bonds. The van der Waals surface area contributed by atoms with Crippen molar-refractivity contribution in [3.63, 3.8) is 0 Å². The van der Waals surface area contributed by atoms with Gasteiger partial charge < -0.3 is 9.88 Å². The summed E-state index contributed by atoms with van der Waals surface area (Å²) in [4.78, 5) is 16.3. The molecule has 0 aliphatic carbocycles. The van der Waals surface area contributed by atoms with Gasteiger partial charge in [0.1, 0.15) is 5.82 Å². The summed E-state index contributed by atoms with van der Waals surface area (Å²) in [5.74, 6) is -0.981. The first-order chi connectivity index (χ1) is 13.8. The highest BCUT2D eigenvalue weighted by atomic mass is 32.2. The maximum Gasteiger partial charge on any atom is 0.235 e. The van der Waals surface area contributed by atoms with E-state index in [2.05, 4.69) is 10.3 Å². The molecule has 0 unspecified atom stereocenters. The summed E-state index contributed by atoms with van der Waals surface area (Å²) in [5.41, 5.74) is 2.01. The molecule has 3 aromatic rings. The molecular weight excluding hydrogens is 395 g/mol. The summed E-state index contributed by atoms with van der Waals surface area (Å²) in [5, 5.41) is 2.70. The lowest BCUT2D eigenvalue weighted by Crippen LogP contribution is -2.39. The molecule has 0 radical (unpaired) electrons. The predicted molar refractivity (Wildman–Crippen MR) is 107 cm³/mol. The van der Waals surface area contributed by atoms with Crippen molar-refractivity contribution in [3.8, 4) is 5.69 Å². The summed E-state index contributed by atoms with van der Waals surface area (Å²) in [6.07, 6.45) is 6.19. The van der Waals surface area contributed by atoms with Gasteiger partial charge in [-0.2, -0.15) is 4.31 Å². The van der Waals surface area contributed by atoms with Crippen LogP contribution in [0.3, 0.4) is 0 Å². The van der Waals surface area contributed by atoms with Crippen molar-refractivity contribution in [1.82, 2.24) is 19.2 Å². The Bertz CT molecular complexity index is 1070. The minimum atomic E-state index is -3.69. The Morgan fingerprint density at radius 1 is 1.17 bits per heavy atom. The average molecular weight is 416 g/mol. The van der Waals surface area contributed by atoms with Crippen LogP contribution in [0, 0.1) is 5.82 Å². The fraction of sp³-hybridized carbons (Fsp3) is 0.200. The van der Waals surface area contributed by atoms with E-state index in [0.717, 1.165) is 21.8 Å². The van der Waals surface area contributed by atoms with Gasteiger partial charge in [-0.1, -0.05) is 30.3 Å². The van der Waals surface area contributed by atoms with Gasteiger partial charge in [-0.15, -0.1) is 0 Å². The van der Waals surface area contributed by atoms with Crippen LogP contribution in [0.1, 0.15) is 11.1 Å². The van der Waals surface area contributed by atoms with E-state index in [-0.39, 0.29) is 25.2 Å². The molecule has 0 aliphatic rings. The largest absolute Gasteiger partial charge is 0.351 e. The first kappa shape index (κ1) is 20.7. The zero-order valence-corrected chi connectivity index (χ0v) is 16.6. The first-order valence-corrected chi connectivity index (χ1v) is 10.7. The highest BCUT2D eigenvalue weighted by Crippen LogP contribution is 2.13. The molecule has 0 atom stereocenters. The van der Waals surface area contributed by atoms with Crippen LogP contribution in [0.5, 0.6) is 0 Å². The Hall–Kier alpha value is -3.04. The Kier molecular flexibility index (Phi) is 6.40. The maximum atomic E-state index is 13.9. The number of carbonyl (C=O) groups is 1.